The molecular formula is C22H27N3O5. The second-order valence-corrected chi connectivity index (χ2v) is 8.05. The number of nitrogens with zero attached hydrogens (tertiary/aromatic N) is 1. The van der Waals surface area contributed by atoms with Gasteiger partial charge in [0.25, 0.3) is 0 Å². The van der Waals surface area contributed by atoms with Crippen molar-refractivity contribution in [1.82, 2.24) is 15.5 Å². The van der Waals surface area contributed by atoms with Crippen molar-refractivity contribution in [2.24, 2.45) is 5.92 Å². The van der Waals surface area contributed by atoms with Crippen LogP contribution in [0.4, 0.5) is 4.79 Å². The molecule has 4 atom stereocenters. The lowest BCUT2D eigenvalue weighted by atomic mass is 10.1. The van der Waals surface area contributed by atoms with Crippen LogP contribution in [0.25, 0.3) is 0 Å². The van der Waals surface area contributed by atoms with Crippen molar-refractivity contribution in [3.05, 3.63) is 48.0 Å². The first-order valence-corrected chi connectivity index (χ1v) is 10.3. The van der Waals surface area contributed by atoms with E-state index in [9.17, 15) is 14.4 Å². The highest BCUT2D eigenvalue weighted by Gasteiger charge is 2.61. The normalized spacial score (nSPS) is 29.1. The third-order valence-electron chi connectivity index (χ3n) is 6.06. The summed E-state index contributed by atoms with van der Waals surface area (Å²) < 4.78 is 10.7. The monoisotopic (exact) mass is 413 g/mol. The minimum absolute atomic E-state index is 0.132. The molecule has 2 aliphatic heterocycles. The summed E-state index contributed by atoms with van der Waals surface area (Å²) in [6.07, 6.45) is 1.73. The lowest BCUT2D eigenvalue weighted by Gasteiger charge is -2.20. The molecule has 8 heteroatoms. The third kappa shape index (κ3) is 3.79. The summed E-state index contributed by atoms with van der Waals surface area (Å²) in [5, 5.41) is 5.93. The van der Waals surface area contributed by atoms with Crippen LogP contribution in [0.3, 0.4) is 0 Å². The molecule has 1 aliphatic carbocycles. The van der Waals surface area contributed by atoms with Crippen LogP contribution in [-0.4, -0.2) is 53.7 Å². The molecule has 2 amide bonds. The Kier molecular flexibility index (Phi) is 5.51. The average Bonchev–Trinajstić information content (AvgIpc) is 3.06. The van der Waals surface area contributed by atoms with E-state index in [1.54, 1.807) is 17.9 Å². The zero-order valence-electron chi connectivity index (χ0n) is 17.1. The predicted molar refractivity (Wildman–Crippen MR) is 108 cm³/mol. The number of benzene rings is 1. The summed E-state index contributed by atoms with van der Waals surface area (Å²) in [7, 11) is 0. The minimum Gasteiger partial charge on any atom is -0.464 e. The number of amides is 2. The van der Waals surface area contributed by atoms with Crippen LogP contribution < -0.4 is 10.6 Å². The molecule has 0 unspecified atom stereocenters. The number of carbonyl (C=O) groups is 3. The highest BCUT2D eigenvalue weighted by molar-refractivity contribution is 5.93. The van der Waals surface area contributed by atoms with Gasteiger partial charge in [0, 0.05) is 32.0 Å². The van der Waals surface area contributed by atoms with Crippen molar-refractivity contribution in [2.45, 2.75) is 50.5 Å². The zero-order chi connectivity index (χ0) is 21.3. The topological polar surface area (TPSA) is 97.0 Å². The molecule has 0 aromatic heterocycles. The molecule has 1 saturated carbocycles. The maximum atomic E-state index is 12.7. The van der Waals surface area contributed by atoms with Crippen molar-refractivity contribution in [2.75, 3.05) is 13.2 Å². The Balaban J connectivity index is 1.29. The largest absolute Gasteiger partial charge is 0.464 e. The first kappa shape index (κ1) is 20.4. The first-order chi connectivity index (χ1) is 14.5. The van der Waals surface area contributed by atoms with Gasteiger partial charge in [-0.3, -0.25) is 9.69 Å². The summed E-state index contributed by atoms with van der Waals surface area (Å²) >= 11 is 0. The highest BCUT2D eigenvalue weighted by atomic mass is 16.6. The molecule has 1 saturated heterocycles. The summed E-state index contributed by atoms with van der Waals surface area (Å²) in [5.74, 6) is -0.857. The molecule has 2 fully saturated rings. The SMILES string of the molecule is C=C[C@@H]1C[C@@]1(NC(=O)[C@@H]1C[C@@H](OC(=O)N2Cc3ccccc3C2)CN1)C(=O)OCC. The standard InChI is InChI=1S/C22H27N3O5/c1-3-16-10-22(16,20(27)29-4-2)24-19(26)18-9-17(11-23-18)30-21(28)25-12-14-7-5-6-8-15(14)13-25/h3,5-8,16-18,23H,1,4,9-13H2,2H3,(H,24,26)/t16-,17-,18+,22+/m1/s1. The summed E-state index contributed by atoms with van der Waals surface area (Å²) in [4.78, 5) is 39.2. The van der Waals surface area contributed by atoms with Crippen LogP contribution in [0.2, 0.25) is 0 Å². The van der Waals surface area contributed by atoms with Crippen molar-refractivity contribution in [3.8, 4) is 0 Å². The zero-order valence-corrected chi connectivity index (χ0v) is 17.1. The fraction of sp³-hybridized carbons (Fsp3) is 0.500. The molecule has 2 N–H and O–H groups in total. The fourth-order valence-corrected chi connectivity index (χ4v) is 4.24. The molecule has 8 nitrogen and oxygen atoms in total. The van der Waals surface area contributed by atoms with E-state index in [-0.39, 0.29) is 24.5 Å². The Morgan fingerprint density at radius 2 is 2.00 bits per heavy atom. The lowest BCUT2D eigenvalue weighted by Crippen LogP contribution is -2.51. The maximum absolute atomic E-state index is 12.7. The third-order valence-corrected chi connectivity index (χ3v) is 6.06. The molecule has 160 valence electrons. The Bertz CT molecular complexity index is 847. The summed E-state index contributed by atoms with van der Waals surface area (Å²) in [6, 6.07) is 7.40. The van der Waals surface area contributed by atoms with E-state index in [0.717, 1.165) is 11.1 Å². The van der Waals surface area contributed by atoms with E-state index < -0.39 is 23.7 Å². The van der Waals surface area contributed by atoms with Gasteiger partial charge in [-0.1, -0.05) is 30.3 Å². The molecule has 0 radical (unpaired) electrons. The van der Waals surface area contributed by atoms with Crippen LogP contribution in [0.1, 0.15) is 30.9 Å². The molecule has 1 aromatic rings. The molecule has 0 spiro atoms. The molecule has 4 rings (SSSR count). The number of hydrogen-bond donors (Lipinski definition) is 2. The average molecular weight is 413 g/mol. The van der Waals surface area contributed by atoms with Gasteiger partial charge in [-0.15, -0.1) is 6.58 Å². The Morgan fingerprint density at radius 1 is 1.30 bits per heavy atom. The number of nitrogens with one attached hydrogen (secondary N) is 2. The minimum atomic E-state index is -1.02. The van der Waals surface area contributed by atoms with E-state index in [0.29, 0.717) is 32.5 Å². The van der Waals surface area contributed by atoms with Crippen molar-refractivity contribution in [3.63, 3.8) is 0 Å². The molecular weight excluding hydrogens is 386 g/mol. The number of ether oxygens (including phenoxy) is 2. The van der Waals surface area contributed by atoms with Gasteiger partial charge in [-0.2, -0.15) is 0 Å². The molecule has 3 aliphatic rings. The molecule has 0 bridgehead atoms. The van der Waals surface area contributed by atoms with Crippen LogP contribution in [0.15, 0.2) is 36.9 Å². The first-order valence-electron chi connectivity index (χ1n) is 10.3. The number of rotatable bonds is 6. The quantitative estimate of drug-likeness (QED) is 0.542. The van der Waals surface area contributed by atoms with Gasteiger partial charge >= 0.3 is 12.1 Å². The number of fused-ring (bicyclic) bond motifs is 1. The van der Waals surface area contributed by atoms with Gasteiger partial charge in [0.15, 0.2) is 0 Å². The van der Waals surface area contributed by atoms with E-state index in [2.05, 4.69) is 17.2 Å². The molecule has 1 aromatic carbocycles. The Labute approximate surface area is 175 Å². The van der Waals surface area contributed by atoms with Crippen molar-refractivity contribution in [1.29, 1.82) is 0 Å². The summed E-state index contributed by atoms with van der Waals surface area (Å²) in [5.41, 5.74) is 1.23. The number of esters is 1. The van der Waals surface area contributed by atoms with Gasteiger partial charge in [0.05, 0.1) is 12.6 Å². The smallest absolute Gasteiger partial charge is 0.410 e. The van der Waals surface area contributed by atoms with Gasteiger partial charge in [0.1, 0.15) is 11.6 Å². The van der Waals surface area contributed by atoms with E-state index in [4.69, 9.17) is 9.47 Å². The second-order valence-electron chi connectivity index (χ2n) is 8.05. The van der Waals surface area contributed by atoms with Crippen LogP contribution in [-0.2, 0) is 32.2 Å². The second kappa shape index (κ2) is 8.10. The van der Waals surface area contributed by atoms with Crippen molar-refractivity contribution >= 4 is 18.0 Å². The number of carbonyl (C=O) groups excluding carboxylic acids is 3. The summed E-state index contributed by atoms with van der Waals surface area (Å²) in [6.45, 7) is 7.16. The highest BCUT2D eigenvalue weighted by Crippen LogP contribution is 2.45. The van der Waals surface area contributed by atoms with Gasteiger partial charge in [-0.05, 0) is 24.5 Å². The molecule has 2 heterocycles. The Hall–Kier alpha value is -2.87. The fourth-order valence-electron chi connectivity index (χ4n) is 4.24. The molecule has 30 heavy (non-hydrogen) atoms. The van der Waals surface area contributed by atoms with E-state index in [1.807, 2.05) is 24.3 Å². The predicted octanol–water partition coefficient (Wildman–Crippen LogP) is 1.49. The lowest BCUT2D eigenvalue weighted by molar-refractivity contribution is -0.149. The van der Waals surface area contributed by atoms with Crippen LogP contribution >= 0.6 is 0 Å². The van der Waals surface area contributed by atoms with Crippen LogP contribution in [0, 0.1) is 5.92 Å². The van der Waals surface area contributed by atoms with Crippen LogP contribution in [0.5, 0.6) is 0 Å². The Morgan fingerprint density at radius 3 is 2.60 bits per heavy atom. The maximum Gasteiger partial charge on any atom is 0.410 e. The van der Waals surface area contributed by atoms with E-state index >= 15 is 0 Å². The van der Waals surface area contributed by atoms with Crippen molar-refractivity contribution < 1.29 is 23.9 Å². The van der Waals surface area contributed by atoms with Gasteiger partial charge in [-0.25, -0.2) is 9.59 Å². The number of hydrogen-bond acceptors (Lipinski definition) is 6. The van der Waals surface area contributed by atoms with Gasteiger partial charge < -0.3 is 20.1 Å². The van der Waals surface area contributed by atoms with Gasteiger partial charge in [0.2, 0.25) is 5.91 Å². The van der Waals surface area contributed by atoms with E-state index in [1.165, 1.54) is 0 Å².